The second kappa shape index (κ2) is 5.09. The summed E-state index contributed by atoms with van der Waals surface area (Å²) in [7, 11) is 0. The molecule has 0 aliphatic heterocycles. The third kappa shape index (κ3) is 2.66. The van der Waals surface area contributed by atoms with E-state index in [0.717, 1.165) is 42.8 Å². The molecule has 5 heteroatoms. The van der Waals surface area contributed by atoms with Crippen molar-refractivity contribution in [2.45, 2.75) is 37.6 Å². The highest BCUT2D eigenvalue weighted by atomic mass is 19.1. The number of aromatic amines is 1. The van der Waals surface area contributed by atoms with Gasteiger partial charge in [0.25, 0.3) is 0 Å². The lowest BCUT2D eigenvalue weighted by molar-refractivity contribution is 0.386. The molecule has 0 unspecified atom stereocenters. The number of rotatable bonds is 2. The van der Waals surface area contributed by atoms with Crippen molar-refractivity contribution in [3.63, 3.8) is 0 Å². The van der Waals surface area contributed by atoms with Crippen molar-refractivity contribution in [3.05, 3.63) is 36.3 Å². The Morgan fingerprint density at radius 1 is 1.16 bits per heavy atom. The van der Waals surface area contributed by atoms with E-state index in [1.54, 1.807) is 12.4 Å². The predicted molar refractivity (Wildman–Crippen MR) is 71.0 cm³/mol. The van der Waals surface area contributed by atoms with Crippen LogP contribution in [0.4, 0.5) is 4.39 Å². The van der Waals surface area contributed by atoms with Crippen molar-refractivity contribution in [2.75, 3.05) is 0 Å². The SMILES string of the molecule is NC1CCC(c2ncc(-c3cncc(F)c3)[nH]2)CC1. The molecule has 0 aromatic carbocycles. The average Bonchev–Trinajstić information content (AvgIpc) is 2.89. The highest BCUT2D eigenvalue weighted by molar-refractivity contribution is 5.57. The van der Waals surface area contributed by atoms with Gasteiger partial charge in [0, 0.05) is 23.7 Å². The molecule has 2 aromatic heterocycles. The van der Waals surface area contributed by atoms with Crippen LogP contribution in [0.5, 0.6) is 0 Å². The lowest BCUT2D eigenvalue weighted by Crippen LogP contribution is -2.26. The number of H-pyrrole nitrogens is 1. The summed E-state index contributed by atoms with van der Waals surface area (Å²) in [6.45, 7) is 0. The number of aromatic nitrogens is 3. The van der Waals surface area contributed by atoms with Crippen LogP contribution in [0.1, 0.15) is 37.4 Å². The molecule has 2 heterocycles. The average molecular weight is 260 g/mol. The van der Waals surface area contributed by atoms with E-state index in [0.29, 0.717) is 12.0 Å². The van der Waals surface area contributed by atoms with Gasteiger partial charge in [0.2, 0.25) is 0 Å². The van der Waals surface area contributed by atoms with Gasteiger partial charge in [-0.05, 0) is 31.7 Å². The zero-order chi connectivity index (χ0) is 13.2. The van der Waals surface area contributed by atoms with Crippen molar-refractivity contribution >= 4 is 0 Å². The van der Waals surface area contributed by atoms with Gasteiger partial charge >= 0.3 is 0 Å². The van der Waals surface area contributed by atoms with Gasteiger partial charge < -0.3 is 10.7 Å². The summed E-state index contributed by atoms with van der Waals surface area (Å²) >= 11 is 0. The van der Waals surface area contributed by atoms with Crippen LogP contribution in [-0.4, -0.2) is 21.0 Å². The van der Waals surface area contributed by atoms with Gasteiger partial charge in [0.1, 0.15) is 11.6 Å². The Kier molecular flexibility index (Phi) is 3.29. The Labute approximate surface area is 111 Å². The summed E-state index contributed by atoms with van der Waals surface area (Å²) in [5.74, 6) is 1.08. The summed E-state index contributed by atoms with van der Waals surface area (Å²) in [5, 5.41) is 0. The van der Waals surface area contributed by atoms with E-state index < -0.39 is 0 Å². The van der Waals surface area contributed by atoms with Crippen LogP contribution in [0.25, 0.3) is 11.3 Å². The molecule has 3 N–H and O–H groups in total. The molecule has 0 radical (unpaired) electrons. The number of imidazole rings is 1. The maximum absolute atomic E-state index is 13.1. The highest BCUT2D eigenvalue weighted by Gasteiger charge is 2.22. The van der Waals surface area contributed by atoms with Crippen molar-refractivity contribution in [2.24, 2.45) is 5.73 Å². The fraction of sp³-hybridized carbons (Fsp3) is 0.429. The summed E-state index contributed by atoms with van der Waals surface area (Å²) in [4.78, 5) is 11.6. The number of hydrogen-bond acceptors (Lipinski definition) is 3. The smallest absolute Gasteiger partial charge is 0.142 e. The molecule has 0 bridgehead atoms. The van der Waals surface area contributed by atoms with Gasteiger partial charge in [-0.3, -0.25) is 4.98 Å². The van der Waals surface area contributed by atoms with Crippen LogP contribution in [0, 0.1) is 5.82 Å². The van der Waals surface area contributed by atoms with Gasteiger partial charge in [-0.25, -0.2) is 9.37 Å². The lowest BCUT2D eigenvalue weighted by Gasteiger charge is -2.24. The number of nitrogens with zero attached hydrogens (tertiary/aromatic N) is 2. The van der Waals surface area contributed by atoms with E-state index in [-0.39, 0.29) is 5.82 Å². The maximum atomic E-state index is 13.1. The Morgan fingerprint density at radius 2 is 1.95 bits per heavy atom. The number of pyridine rings is 1. The van der Waals surface area contributed by atoms with Crippen molar-refractivity contribution in [3.8, 4) is 11.3 Å². The first-order chi connectivity index (χ1) is 9.22. The molecule has 3 rings (SSSR count). The molecular weight excluding hydrogens is 243 g/mol. The fourth-order valence-electron chi connectivity index (χ4n) is 2.64. The molecule has 100 valence electrons. The number of hydrogen-bond donors (Lipinski definition) is 2. The molecule has 19 heavy (non-hydrogen) atoms. The fourth-order valence-corrected chi connectivity index (χ4v) is 2.64. The molecule has 4 nitrogen and oxygen atoms in total. The minimum absolute atomic E-state index is 0.332. The molecule has 1 saturated carbocycles. The van der Waals surface area contributed by atoms with E-state index in [1.165, 1.54) is 12.3 Å². The highest BCUT2D eigenvalue weighted by Crippen LogP contribution is 2.31. The van der Waals surface area contributed by atoms with Crippen molar-refractivity contribution < 1.29 is 4.39 Å². The van der Waals surface area contributed by atoms with Crippen LogP contribution >= 0.6 is 0 Å². The topological polar surface area (TPSA) is 67.6 Å². The molecular formula is C14H17FN4. The van der Waals surface area contributed by atoms with E-state index in [2.05, 4.69) is 15.0 Å². The van der Waals surface area contributed by atoms with Crippen LogP contribution in [0.2, 0.25) is 0 Å². The van der Waals surface area contributed by atoms with Crippen molar-refractivity contribution in [1.29, 1.82) is 0 Å². The largest absolute Gasteiger partial charge is 0.342 e. The Morgan fingerprint density at radius 3 is 2.68 bits per heavy atom. The molecule has 0 atom stereocenters. The zero-order valence-corrected chi connectivity index (χ0v) is 10.6. The van der Waals surface area contributed by atoms with Gasteiger partial charge in [0.05, 0.1) is 18.1 Å². The molecule has 0 spiro atoms. The third-order valence-electron chi connectivity index (χ3n) is 3.77. The first-order valence-electron chi connectivity index (χ1n) is 6.64. The summed E-state index contributed by atoms with van der Waals surface area (Å²) < 4.78 is 13.1. The van der Waals surface area contributed by atoms with Gasteiger partial charge in [-0.15, -0.1) is 0 Å². The molecule has 0 amide bonds. The van der Waals surface area contributed by atoms with Crippen molar-refractivity contribution in [1.82, 2.24) is 15.0 Å². The molecule has 1 aliphatic carbocycles. The van der Waals surface area contributed by atoms with Crippen LogP contribution in [0.15, 0.2) is 24.7 Å². The first kappa shape index (κ1) is 12.3. The minimum Gasteiger partial charge on any atom is -0.342 e. The van der Waals surface area contributed by atoms with E-state index in [1.807, 2.05) is 0 Å². The lowest BCUT2D eigenvalue weighted by atomic mass is 9.86. The van der Waals surface area contributed by atoms with Crippen LogP contribution < -0.4 is 5.73 Å². The standard InChI is InChI=1S/C14H17FN4/c15-11-5-10(6-17-7-11)13-8-18-14(19-13)9-1-3-12(16)4-2-9/h5-9,12H,1-4,16H2,(H,18,19). The maximum Gasteiger partial charge on any atom is 0.142 e. The summed E-state index contributed by atoms with van der Waals surface area (Å²) in [5.41, 5.74) is 7.45. The first-order valence-corrected chi connectivity index (χ1v) is 6.64. The van der Waals surface area contributed by atoms with Gasteiger partial charge in [0.15, 0.2) is 0 Å². The Hall–Kier alpha value is -1.75. The summed E-state index contributed by atoms with van der Waals surface area (Å²) in [6.07, 6.45) is 8.80. The monoisotopic (exact) mass is 260 g/mol. The third-order valence-corrected chi connectivity index (χ3v) is 3.77. The van der Waals surface area contributed by atoms with E-state index in [9.17, 15) is 4.39 Å². The van der Waals surface area contributed by atoms with Gasteiger partial charge in [-0.2, -0.15) is 0 Å². The Balaban J connectivity index is 1.80. The Bertz CT molecular complexity index is 558. The second-order valence-corrected chi connectivity index (χ2v) is 5.19. The predicted octanol–water partition coefficient (Wildman–Crippen LogP) is 2.60. The molecule has 1 fully saturated rings. The second-order valence-electron chi connectivity index (χ2n) is 5.19. The van der Waals surface area contributed by atoms with Gasteiger partial charge in [-0.1, -0.05) is 0 Å². The normalized spacial score (nSPS) is 23.5. The number of nitrogens with one attached hydrogen (secondary N) is 1. The number of nitrogens with two attached hydrogens (primary N) is 1. The van der Waals surface area contributed by atoms with Crippen LogP contribution in [-0.2, 0) is 0 Å². The molecule has 0 saturated heterocycles. The quantitative estimate of drug-likeness (QED) is 0.872. The summed E-state index contributed by atoms with van der Waals surface area (Å²) in [6, 6.07) is 1.79. The van der Waals surface area contributed by atoms with E-state index in [4.69, 9.17) is 5.73 Å². The van der Waals surface area contributed by atoms with Crippen LogP contribution in [0.3, 0.4) is 0 Å². The zero-order valence-electron chi connectivity index (χ0n) is 10.6. The minimum atomic E-state index is -0.336. The molecule has 2 aromatic rings. The molecule has 1 aliphatic rings. The number of halogens is 1. The van der Waals surface area contributed by atoms with E-state index >= 15 is 0 Å².